The molecule has 0 aliphatic carbocycles. The molecule has 4 rings (SSSR count). The van der Waals surface area contributed by atoms with Crippen LogP contribution in [0.15, 0.2) is 24.4 Å². The van der Waals surface area contributed by atoms with E-state index in [1.807, 2.05) is 17.0 Å². The quantitative estimate of drug-likeness (QED) is 0.871. The molecule has 6 nitrogen and oxygen atoms in total. The summed E-state index contributed by atoms with van der Waals surface area (Å²) in [5.41, 5.74) is 2.06. The van der Waals surface area contributed by atoms with Gasteiger partial charge in [-0.2, -0.15) is 0 Å². The molecule has 152 valence electrons. The summed E-state index contributed by atoms with van der Waals surface area (Å²) >= 11 is 0. The maximum absolute atomic E-state index is 12.6. The van der Waals surface area contributed by atoms with E-state index >= 15 is 0 Å². The van der Waals surface area contributed by atoms with Gasteiger partial charge in [0, 0.05) is 37.4 Å². The largest absolute Gasteiger partial charge is 0.378 e. The molecule has 0 radical (unpaired) electrons. The monoisotopic (exact) mass is 384 g/mol. The Balaban J connectivity index is 1.47. The number of carbonyl (C=O) groups is 1. The number of nitrogens with zero attached hydrogens (tertiary/aromatic N) is 3. The van der Waals surface area contributed by atoms with Crippen molar-refractivity contribution >= 4 is 17.4 Å². The van der Waals surface area contributed by atoms with E-state index in [0.717, 1.165) is 62.5 Å². The molecule has 1 atom stereocenters. The number of carbonyl (C=O) groups excluding carboxylic acids is 1. The molecule has 2 aliphatic rings. The van der Waals surface area contributed by atoms with E-state index in [-0.39, 0.29) is 17.6 Å². The molecular weight excluding hydrogens is 352 g/mol. The second-order valence-electron chi connectivity index (χ2n) is 9.14. The van der Waals surface area contributed by atoms with Gasteiger partial charge in [0.05, 0.1) is 18.2 Å². The highest BCUT2D eigenvalue weighted by Crippen LogP contribution is 2.34. The van der Waals surface area contributed by atoms with Crippen LogP contribution in [0.1, 0.15) is 64.5 Å². The van der Waals surface area contributed by atoms with E-state index in [0.29, 0.717) is 12.3 Å². The van der Waals surface area contributed by atoms with Gasteiger partial charge in [-0.05, 0) is 58.6 Å². The number of hydrogen-bond donors (Lipinski definition) is 1. The highest BCUT2D eigenvalue weighted by Gasteiger charge is 2.30. The second kappa shape index (κ2) is 7.74. The summed E-state index contributed by atoms with van der Waals surface area (Å²) in [6.45, 7) is 8.93. The number of imidazole rings is 1. The summed E-state index contributed by atoms with van der Waals surface area (Å²) in [4.78, 5) is 19.6. The van der Waals surface area contributed by atoms with E-state index < -0.39 is 0 Å². The number of anilines is 1. The van der Waals surface area contributed by atoms with Gasteiger partial charge in [0.15, 0.2) is 0 Å². The number of likely N-dealkylation sites (tertiary alicyclic amines) is 1. The van der Waals surface area contributed by atoms with Gasteiger partial charge in [0.1, 0.15) is 11.5 Å². The third-order valence-corrected chi connectivity index (χ3v) is 5.71. The van der Waals surface area contributed by atoms with E-state index in [4.69, 9.17) is 9.72 Å². The predicted molar refractivity (Wildman–Crippen MR) is 111 cm³/mol. The molecule has 0 aromatic carbocycles. The van der Waals surface area contributed by atoms with Crippen LogP contribution in [-0.4, -0.2) is 51.5 Å². The highest BCUT2D eigenvalue weighted by atomic mass is 16.5. The topological polar surface area (TPSA) is 58.9 Å². The molecule has 0 spiro atoms. The summed E-state index contributed by atoms with van der Waals surface area (Å²) in [7, 11) is 0. The molecular formula is C22H32N4O2. The van der Waals surface area contributed by atoms with Crippen LogP contribution >= 0.6 is 0 Å². The van der Waals surface area contributed by atoms with Gasteiger partial charge in [0.2, 0.25) is 5.91 Å². The van der Waals surface area contributed by atoms with Crippen molar-refractivity contribution < 1.29 is 9.53 Å². The number of nitrogens with one attached hydrogen (secondary N) is 1. The number of rotatable bonds is 4. The SMILES string of the molecule is CC(C)(C)Nc1c(C2CCN(C(=O)CC3CCCO3)CC2)nc2ccccn12. The van der Waals surface area contributed by atoms with Crippen LogP contribution < -0.4 is 5.32 Å². The fourth-order valence-electron chi connectivity index (χ4n) is 4.31. The molecule has 1 unspecified atom stereocenters. The zero-order chi connectivity index (χ0) is 19.7. The average Bonchev–Trinajstić information content (AvgIpc) is 3.29. The van der Waals surface area contributed by atoms with Crippen molar-refractivity contribution in [2.75, 3.05) is 25.0 Å². The van der Waals surface area contributed by atoms with Crippen molar-refractivity contribution in [3.8, 4) is 0 Å². The van der Waals surface area contributed by atoms with Crippen molar-refractivity contribution in [2.45, 2.75) is 70.4 Å². The van der Waals surface area contributed by atoms with E-state index in [1.54, 1.807) is 0 Å². The standard InChI is InChI=1S/C22H32N4O2/c1-22(2,3)24-21-20(23-18-8-4-5-11-26(18)21)16-9-12-25(13-10-16)19(27)15-17-7-6-14-28-17/h4-5,8,11,16-17,24H,6-7,9-10,12-15H2,1-3H3. The number of fused-ring (bicyclic) bond motifs is 1. The molecule has 1 N–H and O–H groups in total. The zero-order valence-corrected chi connectivity index (χ0v) is 17.3. The Morgan fingerprint density at radius 3 is 2.71 bits per heavy atom. The second-order valence-corrected chi connectivity index (χ2v) is 9.14. The smallest absolute Gasteiger partial charge is 0.225 e. The first kappa shape index (κ1) is 19.2. The highest BCUT2D eigenvalue weighted by molar-refractivity contribution is 5.77. The van der Waals surface area contributed by atoms with E-state index in [1.165, 1.54) is 0 Å². The lowest BCUT2D eigenvalue weighted by atomic mass is 9.92. The van der Waals surface area contributed by atoms with Crippen LogP contribution in [-0.2, 0) is 9.53 Å². The van der Waals surface area contributed by atoms with Gasteiger partial charge in [-0.15, -0.1) is 0 Å². The Morgan fingerprint density at radius 1 is 1.25 bits per heavy atom. The van der Waals surface area contributed by atoms with Crippen LogP contribution in [0.3, 0.4) is 0 Å². The van der Waals surface area contributed by atoms with Crippen molar-refractivity contribution in [3.63, 3.8) is 0 Å². The van der Waals surface area contributed by atoms with Gasteiger partial charge >= 0.3 is 0 Å². The number of ether oxygens (including phenoxy) is 1. The molecule has 1 amide bonds. The van der Waals surface area contributed by atoms with Crippen LogP contribution in [0.2, 0.25) is 0 Å². The first-order chi connectivity index (χ1) is 13.4. The van der Waals surface area contributed by atoms with Crippen molar-refractivity contribution in [1.29, 1.82) is 0 Å². The summed E-state index contributed by atoms with van der Waals surface area (Å²) in [6.07, 6.45) is 6.75. The minimum Gasteiger partial charge on any atom is -0.378 e. The molecule has 2 aliphatic heterocycles. The average molecular weight is 385 g/mol. The molecule has 0 saturated carbocycles. The van der Waals surface area contributed by atoms with Crippen molar-refractivity contribution in [1.82, 2.24) is 14.3 Å². The number of amides is 1. The molecule has 28 heavy (non-hydrogen) atoms. The Morgan fingerprint density at radius 2 is 2.04 bits per heavy atom. The molecule has 2 aromatic heterocycles. The first-order valence-electron chi connectivity index (χ1n) is 10.6. The van der Waals surface area contributed by atoms with Gasteiger partial charge in [0.25, 0.3) is 0 Å². The third kappa shape index (κ3) is 4.17. The Kier molecular flexibility index (Phi) is 5.32. The van der Waals surface area contributed by atoms with Crippen LogP contribution in [0, 0.1) is 0 Å². The normalized spacial score (nSPS) is 21.4. The van der Waals surface area contributed by atoms with Gasteiger partial charge in [-0.25, -0.2) is 4.98 Å². The van der Waals surface area contributed by atoms with Crippen LogP contribution in [0.25, 0.3) is 5.65 Å². The van der Waals surface area contributed by atoms with Gasteiger partial charge < -0.3 is 15.0 Å². The Labute approximate surface area is 167 Å². The molecule has 6 heteroatoms. The van der Waals surface area contributed by atoms with Crippen molar-refractivity contribution in [3.05, 3.63) is 30.1 Å². The fraction of sp³-hybridized carbons (Fsp3) is 0.636. The van der Waals surface area contributed by atoms with E-state index in [2.05, 4.69) is 42.8 Å². The summed E-state index contributed by atoms with van der Waals surface area (Å²) in [5, 5.41) is 3.66. The molecule has 2 aromatic rings. The summed E-state index contributed by atoms with van der Waals surface area (Å²) in [5.74, 6) is 1.71. The number of hydrogen-bond acceptors (Lipinski definition) is 4. The van der Waals surface area contributed by atoms with Gasteiger partial charge in [-0.1, -0.05) is 6.07 Å². The predicted octanol–water partition coefficient (Wildman–Crippen LogP) is 3.82. The first-order valence-corrected chi connectivity index (χ1v) is 10.6. The Bertz CT molecular complexity index is 825. The number of pyridine rings is 1. The lowest BCUT2D eigenvalue weighted by Gasteiger charge is -2.33. The molecule has 2 fully saturated rings. The minimum absolute atomic E-state index is 0.0431. The summed E-state index contributed by atoms with van der Waals surface area (Å²) < 4.78 is 7.78. The van der Waals surface area contributed by atoms with Crippen molar-refractivity contribution in [2.24, 2.45) is 0 Å². The lowest BCUT2D eigenvalue weighted by molar-refractivity contribution is -0.134. The minimum atomic E-state index is -0.0431. The fourth-order valence-corrected chi connectivity index (χ4v) is 4.31. The molecule has 0 bridgehead atoms. The maximum Gasteiger partial charge on any atom is 0.225 e. The number of piperidine rings is 1. The zero-order valence-electron chi connectivity index (χ0n) is 17.3. The summed E-state index contributed by atoms with van der Waals surface area (Å²) in [6, 6.07) is 6.12. The third-order valence-electron chi connectivity index (χ3n) is 5.71. The van der Waals surface area contributed by atoms with Crippen LogP contribution in [0.5, 0.6) is 0 Å². The maximum atomic E-state index is 12.6. The van der Waals surface area contributed by atoms with Crippen LogP contribution in [0.4, 0.5) is 5.82 Å². The molecule has 4 heterocycles. The molecule has 2 saturated heterocycles. The Hall–Kier alpha value is -2.08. The van der Waals surface area contributed by atoms with E-state index in [9.17, 15) is 4.79 Å². The number of aromatic nitrogens is 2. The van der Waals surface area contributed by atoms with Gasteiger partial charge in [-0.3, -0.25) is 9.20 Å². The lowest BCUT2D eigenvalue weighted by Crippen LogP contribution is -2.39.